The number of carboxylic acids is 1. The average molecular weight is 393 g/mol. The number of carbonyl (C=O) groups excluding carboxylic acids is 1. The molecule has 0 saturated carbocycles. The molecule has 150 valence electrons. The monoisotopic (exact) mass is 393 g/mol. The van der Waals surface area contributed by atoms with Crippen LogP contribution in [0.2, 0.25) is 0 Å². The van der Waals surface area contributed by atoms with Crippen LogP contribution in [0.15, 0.2) is 42.6 Å². The molecule has 1 fully saturated rings. The number of nitrogens with zero attached hydrogens (tertiary/aromatic N) is 1. The number of fused-ring (bicyclic) bond motifs is 1. The van der Waals surface area contributed by atoms with Gasteiger partial charge in [-0.2, -0.15) is 0 Å². The van der Waals surface area contributed by atoms with Crippen LogP contribution in [0.25, 0.3) is 22.3 Å². The topological polar surface area (TPSA) is 119 Å². The Balaban J connectivity index is 1.55. The number of amides is 1. The van der Waals surface area contributed by atoms with Crippen molar-refractivity contribution in [1.29, 1.82) is 0 Å². The zero-order chi connectivity index (χ0) is 20.5. The molecule has 1 aliphatic heterocycles. The number of anilines is 1. The van der Waals surface area contributed by atoms with Gasteiger partial charge in [0, 0.05) is 17.1 Å². The van der Waals surface area contributed by atoms with E-state index in [1.807, 2.05) is 44.2 Å². The molecule has 0 aliphatic carbocycles. The smallest absolute Gasteiger partial charge is 0.307 e. The number of aliphatic carboxylic acids is 1. The van der Waals surface area contributed by atoms with Crippen molar-refractivity contribution >= 4 is 28.6 Å². The van der Waals surface area contributed by atoms with Crippen molar-refractivity contribution in [1.82, 2.24) is 20.8 Å². The number of rotatable bonds is 5. The predicted octanol–water partition coefficient (Wildman–Crippen LogP) is 2.30. The van der Waals surface area contributed by atoms with E-state index >= 15 is 0 Å². The Morgan fingerprint density at radius 1 is 1.17 bits per heavy atom. The third-order valence-electron chi connectivity index (χ3n) is 5.39. The molecule has 0 spiro atoms. The molecule has 1 aliphatic rings. The zero-order valence-corrected chi connectivity index (χ0v) is 16.2. The van der Waals surface area contributed by atoms with Crippen molar-refractivity contribution in [3.8, 4) is 11.3 Å². The Kier molecular flexibility index (Phi) is 5.04. The third kappa shape index (κ3) is 3.98. The highest BCUT2D eigenvalue weighted by molar-refractivity contribution is 5.97. The SMILES string of the molecule is CC1NNC(C(=O)Nc2cnc3[nH]c(-c4cccc(CC(=O)O)c4)cc3c2)C1C. The molecular weight excluding hydrogens is 370 g/mol. The summed E-state index contributed by atoms with van der Waals surface area (Å²) in [6.07, 6.45) is 1.60. The van der Waals surface area contributed by atoms with Crippen LogP contribution in [0.1, 0.15) is 19.4 Å². The first-order valence-corrected chi connectivity index (χ1v) is 9.52. The maximum absolute atomic E-state index is 12.6. The number of carboxylic acid groups (broad SMARTS) is 1. The van der Waals surface area contributed by atoms with Crippen LogP contribution in [0.5, 0.6) is 0 Å². The van der Waals surface area contributed by atoms with Gasteiger partial charge in [0.05, 0.1) is 18.3 Å². The molecule has 0 bridgehead atoms. The van der Waals surface area contributed by atoms with Gasteiger partial charge in [0.2, 0.25) is 5.91 Å². The Hall–Kier alpha value is -3.23. The Bertz CT molecular complexity index is 1080. The van der Waals surface area contributed by atoms with E-state index in [9.17, 15) is 9.59 Å². The minimum atomic E-state index is -0.864. The Labute approximate surface area is 167 Å². The van der Waals surface area contributed by atoms with E-state index in [0.29, 0.717) is 11.3 Å². The summed E-state index contributed by atoms with van der Waals surface area (Å²) in [5.74, 6) is -0.798. The summed E-state index contributed by atoms with van der Waals surface area (Å²) in [6.45, 7) is 4.06. The fraction of sp³-hybridized carbons (Fsp3) is 0.286. The van der Waals surface area contributed by atoms with E-state index in [2.05, 4.69) is 26.1 Å². The number of carbonyl (C=O) groups is 2. The number of hydrogen-bond donors (Lipinski definition) is 5. The highest BCUT2D eigenvalue weighted by Crippen LogP contribution is 2.26. The molecule has 8 nitrogen and oxygen atoms in total. The Morgan fingerprint density at radius 3 is 2.72 bits per heavy atom. The lowest BCUT2D eigenvalue weighted by atomic mass is 9.97. The van der Waals surface area contributed by atoms with Crippen LogP contribution in [-0.4, -0.2) is 39.0 Å². The quantitative estimate of drug-likeness (QED) is 0.454. The van der Waals surface area contributed by atoms with Gasteiger partial charge in [-0.25, -0.2) is 10.4 Å². The molecule has 0 radical (unpaired) electrons. The van der Waals surface area contributed by atoms with Crippen LogP contribution in [-0.2, 0) is 16.0 Å². The van der Waals surface area contributed by atoms with Crippen LogP contribution >= 0.6 is 0 Å². The summed E-state index contributed by atoms with van der Waals surface area (Å²) in [7, 11) is 0. The van der Waals surface area contributed by atoms with Crippen molar-refractivity contribution in [2.24, 2.45) is 5.92 Å². The minimum Gasteiger partial charge on any atom is -0.481 e. The van der Waals surface area contributed by atoms with E-state index in [1.165, 1.54) is 0 Å². The fourth-order valence-electron chi connectivity index (χ4n) is 3.56. The predicted molar refractivity (Wildman–Crippen MR) is 110 cm³/mol. The molecule has 3 aromatic rings. The van der Waals surface area contributed by atoms with E-state index in [1.54, 1.807) is 12.3 Å². The van der Waals surface area contributed by atoms with Crippen molar-refractivity contribution in [3.63, 3.8) is 0 Å². The lowest BCUT2D eigenvalue weighted by Crippen LogP contribution is -2.41. The molecule has 29 heavy (non-hydrogen) atoms. The highest BCUT2D eigenvalue weighted by atomic mass is 16.4. The molecule has 5 N–H and O–H groups in total. The molecule has 4 rings (SSSR count). The lowest BCUT2D eigenvalue weighted by Gasteiger charge is -2.15. The van der Waals surface area contributed by atoms with Gasteiger partial charge in [0.25, 0.3) is 0 Å². The van der Waals surface area contributed by atoms with E-state index in [-0.39, 0.29) is 30.3 Å². The second-order valence-corrected chi connectivity index (χ2v) is 7.52. The molecular formula is C21H23N5O3. The standard InChI is InChI=1S/C21H23N5O3/c1-11-12(2)25-26-19(11)21(29)23-16-8-15-9-17(24-20(15)22-10-16)14-5-3-4-13(6-14)7-18(27)28/h3-6,8-12,19,25-26H,7H2,1-2H3,(H,22,24)(H,23,29)(H,27,28). The van der Waals surface area contributed by atoms with Crippen molar-refractivity contribution < 1.29 is 14.7 Å². The number of aromatic nitrogens is 2. The summed E-state index contributed by atoms with van der Waals surface area (Å²) in [5.41, 5.74) is 9.89. The first-order chi connectivity index (χ1) is 13.9. The summed E-state index contributed by atoms with van der Waals surface area (Å²) >= 11 is 0. The maximum atomic E-state index is 12.6. The first kappa shape index (κ1) is 19.1. The normalized spacial score (nSPS) is 21.4. The number of benzene rings is 1. The van der Waals surface area contributed by atoms with E-state index in [0.717, 1.165) is 22.2 Å². The van der Waals surface area contributed by atoms with Crippen molar-refractivity contribution in [3.05, 3.63) is 48.2 Å². The minimum absolute atomic E-state index is 0.0242. The Morgan fingerprint density at radius 2 is 2.00 bits per heavy atom. The molecule has 8 heteroatoms. The summed E-state index contributed by atoms with van der Waals surface area (Å²) in [4.78, 5) is 31.2. The number of aromatic amines is 1. The average Bonchev–Trinajstić information content (AvgIpc) is 3.25. The van der Waals surface area contributed by atoms with Crippen LogP contribution in [0.4, 0.5) is 5.69 Å². The molecule has 3 atom stereocenters. The second kappa shape index (κ2) is 7.65. The molecule has 1 aromatic carbocycles. The molecule has 1 amide bonds. The number of nitrogens with one attached hydrogen (secondary N) is 4. The number of hydrogen-bond acceptors (Lipinski definition) is 5. The second-order valence-electron chi connectivity index (χ2n) is 7.52. The van der Waals surface area contributed by atoms with Gasteiger partial charge in [-0.1, -0.05) is 25.1 Å². The van der Waals surface area contributed by atoms with Crippen LogP contribution in [0, 0.1) is 5.92 Å². The van der Waals surface area contributed by atoms with Crippen LogP contribution in [0.3, 0.4) is 0 Å². The highest BCUT2D eigenvalue weighted by Gasteiger charge is 2.34. The van der Waals surface area contributed by atoms with Gasteiger partial charge < -0.3 is 15.4 Å². The van der Waals surface area contributed by atoms with Crippen molar-refractivity contribution in [2.75, 3.05) is 5.32 Å². The lowest BCUT2D eigenvalue weighted by molar-refractivity contribution is -0.136. The molecule has 1 saturated heterocycles. The number of pyridine rings is 1. The van der Waals surface area contributed by atoms with Crippen molar-refractivity contribution in [2.45, 2.75) is 32.4 Å². The van der Waals surface area contributed by atoms with Gasteiger partial charge in [0.1, 0.15) is 11.7 Å². The first-order valence-electron chi connectivity index (χ1n) is 9.52. The number of hydrazine groups is 1. The van der Waals surface area contributed by atoms with Gasteiger partial charge in [-0.15, -0.1) is 0 Å². The van der Waals surface area contributed by atoms with Crippen LogP contribution < -0.4 is 16.2 Å². The number of H-pyrrole nitrogens is 1. The largest absolute Gasteiger partial charge is 0.481 e. The fourth-order valence-corrected chi connectivity index (χ4v) is 3.56. The summed E-state index contributed by atoms with van der Waals surface area (Å²) in [5, 5.41) is 12.8. The van der Waals surface area contributed by atoms with E-state index in [4.69, 9.17) is 5.11 Å². The zero-order valence-electron chi connectivity index (χ0n) is 16.2. The summed E-state index contributed by atoms with van der Waals surface area (Å²) < 4.78 is 0. The molecule has 3 heterocycles. The molecule has 3 unspecified atom stereocenters. The maximum Gasteiger partial charge on any atom is 0.307 e. The van der Waals surface area contributed by atoms with Gasteiger partial charge in [0.15, 0.2) is 0 Å². The molecule has 2 aromatic heterocycles. The van der Waals surface area contributed by atoms with Gasteiger partial charge in [-0.05, 0) is 42.2 Å². The van der Waals surface area contributed by atoms with Gasteiger partial charge >= 0.3 is 5.97 Å². The van der Waals surface area contributed by atoms with Gasteiger partial charge in [-0.3, -0.25) is 15.0 Å². The van der Waals surface area contributed by atoms with E-state index < -0.39 is 5.97 Å². The summed E-state index contributed by atoms with van der Waals surface area (Å²) in [6, 6.07) is 11.1. The third-order valence-corrected chi connectivity index (χ3v) is 5.39.